The van der Waals surface area contributed by atoms with Crippen molar-refractivity contribution in [3.05, 3.63) is 23.9 Å². The van der Waals surface area contributed by atoms with Crippen LogP contribution in [0.5, 0.6) is 11.6 Å². The number of carbonyl (C=O) groups is 2. The van der Waals surface area contributed by atoms with Crippen LogP contribution in [0.4, 0.5) is 0 Å². The van der Waals surface area contributed by atoms with Gasteiger partial charge in [-0.1, -0.05) is 51.9 Å². The van der Waals surface area contributed by atoms with Crippen molar-refractivity contribution in [2.45, 2.75) is 103 Å². The highest BCUT2D eigenvalue weighted by Gasteiger charge is 2.48. The number of aliphatic hydroxyl groups is 1. The molecule has 1 aromatic carbocycles. The third-order valence-electron chi connectivity index (χ3n) is 8.24. The molecule has 9 nitrogen and oxygen atoms in total. The van der Waals surface area contributed by atoms with Crippen LogP contribution in [0.1, 0.15) is 84.3 Å². The van der Waals surface area contributed by atoms with Crippen LogP contribution in [0.15, 0.2) is 18.2 Å². The number of unbranched alkanes of at least 4 members (excludes halogenated alkanes) is 2. The molecule has 0 spiro atoms. The monoisotopic (exact) mass is 540 g/mol. The number of likely N-dealkylation sites (tertiary alicyclic amines) is 1. The second-order valence-electron chi connectivity index (χ2n) is 11.1. The highest BCUT2D eigenvalue weighted by Crippen LogP contribution is 2.34. The lowest BCUT2D eigenvalue weighted by Gasteiger charge is -2.25. The summed E-state index contributed by atoms with van der Waals surface area (Å²) in [5, 5.41) is 9.94. The highest BCUT2D eigenvalue weighted by molar-refractivity contribution is 5.89. The number of aromatic nitrogens is 2. The van der Waals surface area contributed by atoms with E-state index in [1.165, 1.54) is 50.3 Å². The lowest BCUT2D eigenvalue weighted by molar-refractivity contribution is -0.144. The molecule has 1 saturated carbocycles. The third-order valence-corrected chi connectivity index (χ3v) is 8.24. The standard InChI is InChI=1S/C30H44N4O5/c1-4-22-26(18-34(27(22)28(31)36)30(37)19(3)35)39-29-24(14-8-6-7-11-20-12-9-10-13-20)32-23-16-15-21(38-5-2)17-25(23)33-29/h15-17,19-20,22,26-27,35H,4-14,18H2,1-3H3,(H2,31,36)/t19-,22+,26-,27?/m0/s1. The summed E-state index contributed by atoms with van der Waals surface area (Å²) in [7, 11) is 0. The minimum absolute atomic E-state index is 0.148. The number of amides is 2. The van der Waals surface area contributed by atoms with E-state index in [0.29, 0.717) is 30.2 Å². The number of nitrogens with zero attached hydrogens (tertiary/aromatic N) is 3. The number of hydrogen-bond donors (Lipinski definition) is 2. The van der Waals surface area contributed by atoms with Crippen LogP contribution in [0.2, 0.25) is 0 Å². The van der Waals surface area contributed by atoms with Gasteiger partial charge in [0.25, 0.3) is 5.91 Å². The summed E-state index contributed by atoms with van der Waals surface area (Å²) in [5.41, 5.74) is 7.93. The average molecular weight is 541 g/mol. The van der Waals surface area contributed by atoms with Crippen molar-refractivity contribution in [1.82, 2.24) is 14.9 Å². The molecule has 1 unspecified atom stereocenters. The molecule has 0 radical (unpaired) electrons. The fourth-order valence-electron chi connectivity index (χ4n) is 6.23. The summed E-state index contributed by atoms with van der Waals surface area (Å²) in [5.74, 6) is 0.566. The number of aliphatic hydroxyl groups excluding tert-OH is 1. The lowest BCUT2D eigenvalue weighted by atomic mass is 9.94. The van der Waals surface area contributed by atoms with Crippen molar-refractivity contribution < 1.29 is 24.2 Å². The molecular formula is C30H44N4O5. The predicted molar refractivity (Wildman–Crippen MR) is 149 cm³/mol. The quantitative estimate of drug-likeness (QED) is 0.365. The van der Waals surface area contributed by atoms with Gasteiger partial charge in [-0.3, -0.25) is 9.59 Å². The van der Waals surface area contributed by atoms with Crippen LogP contribution in [0, 0.1) is 11.8 Å². The van der Waals surface area contributed by atoms with Crippen molar-refractivity contribution >= 4 is 22.8 Å². The minimum atomic E-state index is -1.24. The molecule has 0 bridgehead atoms. The second kappa shape index (κ2) is 13.4. The Morgan fingerprint density at radius 2 is 1.90 bits per heavy atom. The van der Waals surface area contributed by atoms with Crippen molar-refractivity contribution in [1.29, 1.82) is 0 Å². The smallest absolute Gasteiger partial charge is 0.251 e. The maximum absolute atomic E-state index is 12.7. The summed E-state index contributed by atoms with van der Waals surface area (Å²) in [4.78, 5) is 36.3. The van der Waals surface area contributed by atoms with Crippen LogP contribution in [-0.2, 0) is 16.0 Å². The van der Waals surface area contributed by atoms with Crippen LogP contribution in [-0.4, -0.2) is 63.2 Å². The molecule has 214 valence electrons. The molecule has 2 fully saturated rings. The van der Waals surface area contributed by atoms with E-state index in [4.69, 9.17) is 25.2 Å². The summed E-state index contributed by atoms with van der Waals surface area (Å²) >= 11 is 0. The molecule has 9 heteroatoms. The third kappa shape index (κ3) is 6.99. The van der Waals surface area contributed by atoms with E-state index < -0.39 is 30.1 Å². The molecule has 1 aromatic heterocycles. The molecule has 2 aromatic rings. The van der Waals surface area contributed by atoms with Crippen LogP contribution >= 0.6 is 0 Å². The van der Waals surface area contributed by atoms with Crippen molar-refractivity contribution in [2.24, 2.45) is 17.6 Å². The fraction of sp³-hybridized carbons (Fsp3) is 0.667. The van der Waals surface area contributed by atoms with E-state index in [0.717, 1.165) is 36.4 Å². The van der Waals surface area contributed by atoms with E-state index in [2.05, 4.69) is 0 Å². The van der Waals surface area contributed by atoms with Crippen molar-refractivity contribution in [3.8, 4) is 11.6 Å². The molecule has 1 aliphatic heterocycles. The van der Waals surface area contributed by atoms with Gasteiger partial charge in [0, 0.05) is 12.0 Å². The maximum Gasteiger partial charge on any atom is 0.251 e. The lowest BCUT2D eigenvalue weighted by Crippen LogP contribution is -2.49. The minimum Gasteiger partial charge on any atom is -0.494 e. The SMILES string of the molecule is CCOc1ccc2nc(CCCCCC3CCCC3)c(O[C@H]3CN(C(=O)[C@H](C)O)C(C(N)=O)[C@@H]3CC)nc2c1. The summed E-state index contributed by atoms with van der Waals surface area (Å²) in [6.07, 6.45) is 9.70. The van der Waals surface area contributed by atoms with Crippen LogP contribution < -0.4 is 15.2 Å². The molecule has 1 aliphatic carbocycles. The van der Waals surface area contributed by atoms with Crippen molar-refractivity contribution in [3.63, 3.8) is 0 Å². The first-order valence-corrected chi connectivity index (χ1v) is 14.7. The van der Waals surface area contributed by atoms with E-state index >= 15 is 0 Å². The first-order valence-electron chi connectivity index (χ1n) is 14.7. The number of fused-ring (bicyclic) bond motifs is 1. The topological polar surface area (TPSA) is 128 Å². The van der Waals surface area contributed by atoms with Gasteiger partial charge in [0.05, 0.1) is 24.2 Å². The number of nitrogens with two attached hydrogens (primary N) is 1. The van der Waals surface area contributed by atoms with Gasteiger partial charge < -0.3 is 25.2 Å². The molecular weight excluding hydrogens is 496 g/mol. The summed E-state index contributed by atoms with van der Waals surface area (Å²) in [6, 6.07) is 4.81. The van der Waals surface area contributed by atoms with Gasteiger partial charge in [-0.15, -0.1) is 0 Å². The Balaban J connectivity index is 1.57. The molecule has 2 heterocycles. The Bertz CT molecular complexity index is 1130. The fourth-order valence-corrected chi connectivity index (χ4v) is 6.23. The zero-order chi connectivity index (χ0) is 27.9. The highest BCUT2D eigenvalue weighted by atomic mass is 16.5. The van der Waals surface area contributed by atoms with Gasteiger partial charge in [0.1, 0.15) is 29.7 Å². The number of ether oxygens (including phenoxy) is 2. The Morgan fingerprint density at radius 3 is 2.56 bits per heavy atom. The van der Waals surface area contributed by atoms with Gasteiger partial charge in [-0.05, 0) is 51.2 Å². The Kier molecular flexibility index (Phi) is 9.99. The second-order valence-corrected chi connectivity index (χ2v) is 11.1. The van der Waals surface area contributed by atoms with Gasteiger partial charge in [0.2, 0.25) is 11.8 Å². The van der Waals surface area contributed by atoms with Gasteiger partial charge in [-0.2, -0.15) is 0 Å². The Labute approximate surface area is 231 Å². The normalized spacial score (nSPS) is 22.4. The Morgan fingerprint density at radius 1 is 1.13 bits per heavy atom. The Hall–Kier alpha value is -2.94. The first-order chi connectivity index (χ1) is 18.8. The molecule has 1 saturated heterocycles. The van der Waals surface area contributed by atoms with Gasteiger partial charge >= 0.3 is 0 Å². The number of rotatable bonds is 13. The van der Waals surface area contributed by atoms with E-state index in [1.54, 1.807) is 0 Å². The van der Waals surface area contributed by atoms with Crippen LogP contribution in [0.25, 0.3) is 11.0 Å². The first kappa shape index (κ1) is 29.1. The van der Waals surface area contributed by atoms with Crippen molar-refractivity contribution in [2.75, 3.05) is 13.2 Å². The van der Waals surface area contributed by atoms with E-state index in [9.17, 15) is 14.7 Å². The van der Waals surface area contributed by atoms with Gasteiger partial charge in [-0.25, -0.2) is 9.97 Å². The zero-order valence-electron chi connectivity index (χ0n) is 23.6. The van der Waals surface area contributed by atoms with Crippen LogP contribution in [0.3, 0.4) is 0 Å². The van der Waals surface area contributed by atoms with E-state index in [1.807, 2.05) is 32.0 Å². The average Bonchev–Trinajstić information content (AvgIpc) is 3.56. The molecule has 4 rings (SSSR count). The molecule has 2 amide bonds. The molecule has 4 atom stereocenters. The number of primary amides is 1. The summed E-state index contributed by atoms with van der Waals surface area (Å²) < 4.78 is 12.2. The number of benzene rings is 1. The maximum atomic E-state index is 12.7. The number of aryl methyl sites for hydroxylation is 1. The predicted octanol–water partition coefficient (Wildman–Crippen LogP) is 4.17. The van der Waals surface area contributed by atoms with E-state index in [-0.39, 0.29) is 12.5 Å². The molecule has 39 heavy (non-hydrogen) atoms. The number of carbonyl (C=O) groups excluding carboxylic acids is 2. The zero-order valence-corrected chi connectivity index (χ0v) is 23.6. The van der Waals surface area contributed by atoms with Gasteiger partial charge in [0.15, 0.2) is 0 Å². The number of hydrogen-bond acceptors (Lipinski definition) is 7. The molecule has 3 N–H and O–H groups in total. The largest absolute Gasteiger partial charge is 0.494 e. The summed E-state index contributed by atoms with van der Waals surface area (Å²) in [6.45, 7) is 5.96. The molecule has 2 aliphatic rings.